The average Bonchev–Trinajstić information content (AvgIpc) is 2.61. The Labute approximate surface area is 147 Å². The molecule has 2 aromatic carbocycles. The summed E-state index contributed by atoms with van der Waals surface area (Å²) in [5, 5.41) is 0. The molecule has 0 saturated carbocycles. The molecule has 0 amide bonds. The Morgan fingerprint density at radius 2 is 1.08 bits per heavy atom. The molecular weight excluding hydrogens is 351 g/mol. The molecule has 0 N–H and O–H groups in total. The third-order valence-electron chi connectivity index (χ3n) is 3.12. The van der Waals surface area contributed by atoms with Crippen LogP contribution in [-0.4, -0.2) is 13.5 Å². The number of hydrogen-bond acceptors (Lipinski definition) is 1. The second-order valence-electron chi connectivity index (χ2n) is 4.95. The molecule has 3 rings (SSSR count). The van der Waals surface area contributed by atoms with Crippen LogP contribution in [0.3, 0.4) is 0 Å². The lowest BCUT2D eigenvalue weighted by molar-refractivity contribution is 0.368. The van der Waals surface area contributed by atoms with Crippen molar-refractivity contribution in [1.29, 1.82) is 0 Å². The van der Waals surface area contributed by atoms with E-state index in [1.807, 2.05) is 36.4 Å². The number of hydrogen-bond donors (Lipinski definition) is 0. The predicted octanol–water partition coefficient (Wildman–Crippen LogP) is 6.92. The van der Waals surface area contributed by atoms with Crippen molar-refractivity contribution in [1.82, 2.24) is 0 Å². The van der Waals surface area contributed by atoms with Crippen LogP contribution in [0.2, 0.25) is 0 Å². The van der Waals surface area contributed by atoms with Gasteiger partial charge in [0.05, 0.1) is 23.3 Å². The first-order chi connectivity index (χ1) is 11.9. The first-order valence-electron chi connectivity index (χ1n) is 7.37. The molecule has 1 aromatic heterocycles. The van der Waals surface area contributed by atoms with Gasteiger partial charge in [0.1, 0.15) is 0 Å². The zero-order valence-electron chi connectivity index (χ0n) is 13.3. The van der Waals surface area contributed by atoms with E-state index in [1.54, 1.807) is 11.8 Å². The van der Waals surface area contributed by atoms with E-state index in [2.05, 4.69) is 42.7 Å². The zero-order chi connectivity index (χ0) is 18.3. The Kier molecular flexibility index (Phi) is 6.64. The lowest BCUT2D eigenvalue weighted by atomic mass is 10.1. The highest BCUT2D eigenvalue weighted by Gasteiger charge is 2.20. The molecule has 0 radical (unpaired) electrons. The molecule has 7 heteroatoms. The molecule has 25 heavy (non-hydrogen) atoms. The fraction of sp³-hybridized carbons (Fsp3) is 0.0556. The van der Waals surface area contributed by atoms with Crippen LogP contribution < -0.4 is 0 Å². The minimum Gasteiger partial charge on any atom is -0.418 e. The third-order valence-corrected chi connectivity index (χ3v) is 3.83. The van der Waals surface area contributed by atoms with E-state index in [9.17, 15) is 17.3 Å². The molecular formula is C18H15BF4OS. The molecule has 0 unspecified atom stereocenters. The Morgan fingerprint density at radius 3 is 1.40 bits per heavy atom. The summed E-state index contributed by atoms with van der Waals surface area (Å²) in [5.41, 5.74) is 2.20. The van der Waals surface area contributed by atoms with Crippen LogP contribution in [0.1, 0.15) is 0 Å². The van der Waals surface area contributed by atoms with Gasteiger partial charge in [0.25, 0.3) is 0 Å². The van der Waals surface area contributed by atoms with E-state index in [0.717, 1.165) is 22.6 Å². The van der Waals surface area contributed by atoms with Crippen LogP contribution in [0.4, 0.5) is 17.3 Å². The summed E-state index contributed by atoms with van der Waals surface area (Å²) in [5.74, 6) is 1.80. The molecule has 0 aliphatic carbocycles. The van der Waals surface area contributed by atoms with Gasteiger partial charge in [-0.15, -0.1) is 11.8 Å². The number of benzene rings is 2. The molecule has 1 nitrogen and oxygen atoms in total. The maximum atomic E-state index is 9.75. The van der Waals surface area contributed by atoms with Crippen molar-refractivity contribution in [3.63, 3.8) is 0 Å². The van der Waals surface area contributed by atoms with E-state index in [0.29, 0.717) is 0 Å². The Bertz CT molecular complexity index is 731. The fourth-order valence-electron chi connectivity index (χ4n) is 2.08. The second-order valence-corrected chi connectivity index (χ2v) is 5.83. The number of rotatable bonds is 3. The van der Waals surface area contributed by atoms with Crippen molar-refractivity contribution in [2.75, 3.05) is 6.26 Å². The lowest BCUT2D eigenvalue weighted by Crippen LogP contribution is -2.02. The predicted molar refractivity (Wildman–Crippen MR) is 96.0 cm³/mol. The lowest BCUT2D eigenvalue weighted by Gasteiger charge is -1.98. The normalized spacial score (nSPS) is 10.8. The first kappa shape index (κ1) is 19.1. The van der Waals surface area contributed by atoms with Crippen LogP contribution in [-0.2, 0) is 0 Å². The van der Waals surface area contributed by atoms with E-state index in [4.69, 9.17) is 4.42 Å². The van der Waals surface area contributed by atoms with Gasteiger partial charge in [0, 0.05) is 4.90 Å². The maximum Gasteiger partial charge on any atom is 0.673 e. The van der Waals surface area contributed by atoms with Gasteiger partial charge in [0.2, 0.25) is 0 Å². The fourth-order valence-corrected chi connectivity index (χ4v) is 2.53. The molecule has 0 aliphatic heterocycles. The molecule has 0 fully saturated rings. The molecule has 3 aromatic rings. The Hall–Kier alpha value is -2.28. The minimum atomic E-state index is -6.00. The molecule has 0 saturated heterocycles. The second kappa shape index (κ2) is 8.71. The maximum absolute atomic E-state index is 9.75. The van der Waals surface area contributed by atoms with E-state index in [1.165, 1.54) is 4.90 Å². The summed E-state index contributed by atoms with van der Waals surface area (Å²) in [7, 11) is -6.00. The van der Waals surface area contributed by atoms with Crippen LogP contribution >= 0.6 is 11.8 Å². The van der Waals surface area contributed by atoms with Crippen LogP contribution in [0.25, 0.3) is 22.6 Å². The summed E-state index contributed by atoms with van der Waals surface area (Å²) < 4.78 is 45.1. The topological polar surface area (TPSA) is 11.3 Å². The summed E-state index contributed by atoms with van der Waals surface area (Å²) in [6.07, 6.45) is 2.08. The molecule has 0 aliphatic rings. The largest absolute Gasteiger partial charge is 0.673 e. The SMILES string of the molecule is CSc1cc(-c2ccccc2)[o+]c(-c2ccccc2)c1.F[B-](F)(F)F. The van der Waals surface area contributed by atoms with Gasteiger partial charge in [-0.05, 0) is 30.5 Å². The highest BCUT2D eigenvalue weighted by molar-refractivity contribution is 7.98. The molecule has 0 atom stereocenters. The van der Waals surface area contributed by atoms with Gasteiger partial charge >= 0.3 is 18.8 Å². The van der Waals surface area contributed by atoms with Gasteiger partial charge in [-0.3, -0.25) is 0 Å². The first-order valence-corrected chi connectivity index (χ1v) is 8.59. The van der Waals surface area contributed by atoms with Gasteiger partial charge in [-0.2, -0.15) is 0 Å². The summed E-state index contributed by atoms with van der Waals surface area (Å²) in [6, 6.07) is 24.6. The number of halogens is 4. The average molecular weight is 366 g/mol. The highest BCUT2D eigenvalue weighted by Crippen LogP contribution is 2.31. The summed E-state index contributed by atoms with van der Waals surface area (Å²) >= 11 is 1.73. The van der Waals surface area contributed by atoms with E-state index < -0.39 is 7.25 Å². The third kappa shape index (κ3) is 6.62. The molecule has 1 heterocycles. The summed E-state index contributed by atoms with van der Waals surface area (Å²) in [4.78, 5) is 1.20. The van der Waals surface area contributed by atoms with Crippen LogP contribution in [0.5, 0.6) is 0 Å². The van der Waals surface area contributed by atoms with Crippen molar-refractivity contribution < 1.29 is 21.7 Å². The zero-order valence-corrected chi connectivity index (χ0v) is 14.2. The standard InChI is InChI=1S/C18H15OS.BF4/c1-20-16-12-17(14-8-4-2-5-9-14)19-18(13-16)15-10-6-3-7-11-15;2-1(3,4)5/h2-13H,1H3;/q+1;-1. The van der Waals surface area contributed by atoms with Gasteiger partial charge in [-0.25, -0.2) is 4.42 Å². The van der Waals surface area contributed by atoms with Crippen molar-refractivity contribution in [3.05, 3.63) is 72.8 Å². The minimum absolute atomic E-state index is 0.899. The summed E-state index contributed by atoms with van der Waals surface area (Å²) in [6.45, 7) is 0. The highest BCUT2D eigenvalue weighted by atomic mass is 32.2. The van der Waals surface area contributed by atoms with E-state index >= 15 is 0 Å². The van der Waals surface area contributed by atoms with Gasteiger partial charge < -0.3 is 17.3 Å². The van der Waals surface area contributed by atoms with Crippen LogP contribution in [0, 0.1) is 0 Å². The monoisotopic (exact) mass is 366 g/mol. The van der Waals surface area contributed by atoms with E-state index in [-0.39, 0.29) is 0 Å². The Morgan fingerprint density at radius 1 is 0.720 bits per heavy atom. The molecule has 0 spiro atoms. The smallest absolute Gasteiger partial charge is 0.418 e. The van der Waals surface area contributed by atoms with Crippen molar-refractivity contribution in [2.45, 2.75) is 4.90 Å². The quantitative estimate of drug-likeness (QED) is 0.216. The molecule has 130 valence electrons. The van der Waals surface area contributed by atoms with Gasteiger partial charge in [-0.1, -0.05) is 36.4 Å². The number of thioether (sulfide) groups is 1. The van der Waals surface area contributed by atoms with Gasteiger partial charge in [0.15, 0.2) is 0 Å². The molecule has 0 bridgehead atoms. The van der Waals surface area contributed by atoms with Crippen molar-refractivity contribution in [2.24, 2.45) is 0 Å². The van der Waals surface area contributed by atoms with Crippen molar-refractivity contribution in [3.8, 4) is 22.6 Å². The van der Waals surface area contributed by atoms with Crippen LogP contribution in [0.15, 0.2) is 82.1 Å². The van der Waals surface area contributed by atoms with Crippen molar-refractivity contribution >= 4 is 19.0 Å². The Balaban J connectivity index is 0.000000399.